The molecule has 0 unspecified atom stereocenters. The second-order valence-corrected chi connectivity index (χ2v) is 3.93. The van der Waals surface area contributed by atoms with Crippen LogP contribution in [0.5, 0.6) is 0 Å². The van der Waals surface area contributed by atoms with E-state index in [1.54, 1.807) is 0 Å². The number of aliphatic hydroxyl groups excluding tert-OH is 1. The maximum atomic E-state index is 9.64. The average Bonchev–Trinajstić information content (AvgIpc) is 2.70. The van der Waals surface area contributed by atoms with Crippen molar-refractivity contribution in [2.75, 3.05) is 18.0 Å². The molecule has 1 aromatic rings. The highest BCUT2D eigenvalue weighted by Gasteiger charge is 2.16. The summed E-state index contributed by atoms with van der Waals surface area (Å²) in [6, 6.07) is 8.15. The number of aliphatic hydroxyl groups is 1. The highest BCUT2D eigenvalue weighted by atomic mass is 16.3. The van der Waals surface area contributed by atoms with Gasteiger partial charge in [-0.05, 0) is 25.8 Å². The Kier molecular flexibility index (Phi) is 2.73. The first-order chi connectivity index (χ1) is 6.79. The van der Waals surface area contributed by atoms with Crippen LogP contribution in [-0.2, 0) is 0 Å². The molecule has 1 heterocycles. The summed E-state index contributed by atoms with van der Waals surface area (Å²) >= 11 is 0. The van der Waals surface area contributed by atoms with Crippen LogP contribution < -0.4 is 4.90 Å². The molecule has 2 rings (SSSR count). The van der Waals surface area contributed by atoms with Gasteiger partial charge in [-0.2, -0.15) is 0 Å². The summed E-state index contributed by atoms with van der Waals surface area (Å²) in [6.45, 7) is 4.09. The molecular formula is C12H17NO. The topological polar surface area (TPSA) is 23.5 Å². The average molecular weight is 191 g/mol. The maximum Gasteiger partial charge on any atom is 0.0781 e. The third-order valence-electron chi connectivity index (χ3n) is 2.83. The lowest BCUT2D eigenvalue weighted by atomic mass is 10.1. The van der Waals surface area contributed by atoms with Crippen molar-refractivity contribution < 1.29 is 5.11 Å². The molecular weight excluding hydrogens is 174 g/mol. The second kappa shape index (κ2) is 4.01. The van der Waals surface area contributed by atoms with Gasteiger partial charge in [0.25, 0.3) is 0 Å². The Morgan fingerprint density at radius 3 is 2.50 bits per heavy atom. The van der Waals surface area contributed by atoms with Crippen LogP contribution in [0.1, 0.15) is 31.4 Å². The maximum absolute atomic E-state index is 9.64. The number of nitrogens with zero attached hydrogens (tertiary/aromatic N) is 1. The minimum absolute atomic E-state index is 0.369. The van der Waals surface area contributed by atoms with Gasteiger partial charge in [-0.1, -0.05) is 18.2 Å². The van der Waals surface area contributed by atoms with Crippen molar-refractivity contribution in [3.8, 4) is 0 Å². The molecule has 0 amide bonds. The van der Waals surface area contributed by atoms with E-state index in [9.17, 15) is 5.11 Å². The van der Waals surface area contributed by atoms with Gasteiger partial charge < -0.3 is 10.0 Å². The lowest BCUT2D eigenvalue weighted by Gasteiger charge is -2.22. The summed E-state index contributed by atoms with van der Waals surface area (Å²) in [5, 5.41) is 9.64. The first-order valence-electron chi connectivity index (χ1n) is 5.31. The molecule has 1 aliphatic rings. The molecule has 1 atom stereocenters. The zero-order chi connectivity index (χ0) is 9.97. The molecule has 1 aliphatic heterocycles. The second-order valence-electron chi connectivity index (χ2n) is 3.93. The quantitative estimate of drug-likeness (QED) is 0.775. The Bertz CT molecular complexity index is 303. The van der Waals surface area contributed by atoms with E-state index in [1.165, 1.54) is 18.5 Å². The highest BCUT2D eigenvalue weighted by Crippen LogP contribution is 2.28. The molecule has 76 valence electrons. The molecule has 1 saturated heterocycles. The molecule has 14 heavy (non-hydrogen) atoms. The minimum Gasteiger partial charge on any atom is -0.389 e. The SMILES string of the molecule is C[C@H](O)c1ccccc1N1CCCC1. The third-order valence-corrected chi connectivity index (χ3v) is 2.83. The van der Waals surface area contributed by atoms with E-state index in [1.807, 2.05) is 25.1 Å². The van der Waals surface area contributed by atoms with Gasteiger partial charge in [0, 0.05) is 24.3 Å². The number of anilines is 1. The van der Waals surface area contributed by atoms with Crippen LogP contribution in [0.4, 0.5) is 5.69 Å². The van der Waals surface area contributed by atoms with Crippen LogP contribution in [0.15, 0.2) is 24.3 Å². The van der Waals surface area contributed by atoms with Gasteiger partial charge in [0.1, 0.15) is 0 Å². The third kappa shape index (κ3) is 1.75. The van der Waals surface area contributed by atoms with Gasteiger partial charge >= 0.3 is 0 Å². The summed E-state index contributed by atoms with van der Waals surface area (Å²) in [7, 11) is 0. The summed E-state index contributed by atoms with van der Waals surface area (Å²) in [4.78, 5) is 2.36. The predicted molar refractivity (Wildman–Crippen MR) is 58.5 cm³/mol. The zero-order valence-electron chi connectivity index (χ0n) is 8.61. The fraction of sp³-hybridized carbons (Fsp3) is 0.500. The first kappa shape index (κ1) is 9.53. The van der Waals surface area contributed by atoms with E-state index >= 15 is 0 Å². The van der Waals surface area contributed by atoms with Crippen LogP contribution in [0.3, 0.4) is 0 Å². The molecule has 0 aromatic heterocycles. The zero-order valence-corrected chi connectivity index (χ0v) is 8.61. The molecule has 2 heteroatoms. The fourth-order valence-electron chi connectivity index (χ4n) is 2.09. The Morgan fingerprint density at radius 1 is 1.21 bits per heavy atom. The monoisotopic (exact) mass is 191 g/mol. The van der Waals surface area contributed by atoms with Crippen LogP contribution in [0.2, 0.25) is 0 Å². The number of para-hydroxylation sites is 1. The molecule has 0 radical (unpaired) electrons. The van der Waals surface area contributed by atoms with Crippen LogP contribution in [0, 0.1) is 0 Å². The summed E-state index contributed by atoms with van der Waals surface area (Å²) in [5.41, 5.74) is 2.26. The Labute approximate surface area is 85.2 Å². The van der Waals surface area contributed by atoms with Gasteiger partial charge in [-0.15, -0.1) is 0 Å². The highest BCUT2D eigenvalue weighted by molar-refractivity contribution is 5.55. The van der Waals surface area contributed by atoms with E-state index in [0.717, 1.165) is 18.7 Å². The number of hydrogen-bond acceptors (Lipinski definition) is 2. The van der Waals surface area contributed by atoms with E-state index < -0.39 is 0 Å². The molecule has 0 saturated carbocycles. The van der Waals surface area contributed by atoms with Gasteiger partial charge in [-0.3, -0.25) is 0 Å². The van der Waals surface area contributed by atoms with Gasteiger partial charge in [0.05, 0.1) is 6.10 Å². The summed E-state index contributed by atoms with van der Waals surface area (Å²) in [6.07, 6.45) is 2.18. The standard InChI is InChI=1S/C12H17NO/c1-10(14)11-6-2-3-7-12(11)13-8-4-5-9-13/h2-3,6-7,10,14H,4-5,8-9H2,1H3/t10-/m0/s1. The summed E-state index contributed by atoms with van der Waals surface area (Å²) in [5.74, 6) is 0. The lowest BCUT2D eigenvalue weighted by molar-refractivity contribution is 0.199. The summed E-state index contributed by atoms with van der Waals surface area (Å²) < 4.78 is 0. The molecule has 0 aliphatic carbocycles. The van der Waals surface area contributed by atoms with E-state index in [2.05, 4.69) is 11.0 Å². The normalized spacial score (nSPS) is 18.6. The Balaban J connectivity index is 2.30. The van der Waals surface area contributed by atoms with Gasteiger partial charge in [-0.25, -0.2) is 0 Å². The van der Waals surface area contributed by atoms with Crippen LogP contribution >= 0.6 is 0 Å². The van der Waals surface area contributed by atoms with Crippen molar-refractivity contribution in [2.24, 2.45) is 0 Å². The Morgan fingerprint density at radius 2 is 1.86 bits per heavy atom. The van der Waals surface area contributed by atoms with Gasteiger partial charge in [0.2, 0.25) is 0 Å². The van der Waals surface area contributed by atoms with E-state index in [0.29, 0.717) is 0 Å². The Hall–Kier alpha value is -1.02. The molecule has 0 bridgehead atoms. The lowest BCUT2D eigenvalue weighted by Crippen LogP contribution is -2.19. The molecule has 1 fully saturated rings. The fourth-order valence-corrected chi connectivity index (χ4v) is 2.09. The number of benzene rings is 1. The molecule has 2 nitrogen and oxygen atoms in total. The molecule has 1 N–H and O–H groups in total. The van der Waals surface area contributed by atoms with Crippen molar-refractivity contribution in [3.05, 3.63) is 29.8 Å². The largest absolute Gasteiger partial charge is 0.389 e. The number of rotatable bonds is 2. The van der Waals surface area contributed by atoms with Crippen molar-refractivity contribution in [2.45, 2.75) is 25.9 Å². The molecule has 1 aromatic carbocycles. The van der Waals surface area contributed by atoms with Gasteiger partial charge in [0.15, 0.2) is 0 Å². The van der Waals surface area contributed by atoms with E-state index in [-0.39, 0.29) is 6.10 Å². The van der Waals surface area contributed by atoms with Crippen LogP contribution in [-0.4, -0.2) is 18.2 Å². The van der Waals surface area contributed by atoms with Crippen molar-refractivity contribution >= 4 is 5.69 Å². The smallest absolute Gasteiger partial charge is 0.0781 e. The van der Waals surface area contributed by atoms with E-state index in [4.69, 9.17) is 0 Å². The van der Waals surface area contributed by atoms with Crippen molar-refractivity contribution in [3.63, 3.8) is 0 Å². The van der Waals surface area contributed by atoms with Crippen molar-refractivity contribution in [1.82, 2.24) is 0 Å². The van der Waals surface area contributed by atoms with Crippen LogP contribution in [0.25, 0.3) is 0 Å². The number of hydrogen-bond donors (Lipinski definition) is 1. The first-order valence-corrected chi connectivity index (χ1v) is 5.31. The van der Waals surface area contributed by atoms with Crippen molar-refractivity contribution in [1.29, 1.82) is 0 Å². The minimum atomic E-state index is -0.369. The molecule has 0 spiro atoms. The predicted octanol–water partition coefficient (Wildman–Crippen LogP) is 2.34.